The molecule has 1 aromatic rings. The van der Waals surface area contributed by atoms with Crippen LogP contribution >= 0.6 is 11.6 Å². The summed E-state index contributed by atoms with van der Waals surface area (Å²) in [4.78, 5) is 15.9. The van der Waals surface area contributed by atoms with E-state index in [0.29, 0.717) is 10.7 Å². The van der Waals surface area contributed by atoms with E-state index in [0.717, 1.165) is 19.4 Å². The van der Waals surface area contributed by atoms with E-state index in [2.05, 4.69) is 10.3 Å². The molecule has 1 saturated heterocycles. The molecule has 2 unspecified atom stereocenters. The Balaban J connectivity index is 1.96. The third kappa shape index (κ3) is 3.17. The molecule has 1 aliphatic rings. The molecule has 0 radical (unpaired) electrons. The molecule has 0 bridgehead atoms. The predicted octanol–water partition coefficient (Wildman–Crippen LogP) is 2.03. The summed E-state index contributed by atoms with van der Waals surface area (Å²) in [6.45, 7) is 2.72. The van der Waals surface area contributed by atoms with Gasteiger partial charge in [-0.25, -0.2) is 0 Å². The molecule has 2 rings (SSSR count). The molecule has 1 N–H and O–H groups in total. The monoisotopic (exact) mass is 254 g/mol. The highest BCUT2D eigenvalue weighted by Crippen LogP contribution is 2.16. The average Bonchev–Trinajstić information content (AvgIpc) is 2.82. The summed E-state index contributed by atoms with van der Waals surface area (Å²) in [6, 6.07) is 3.19. The first kappa shape index (κ1) is 12.3. The highest BCUT2D eigenvalue weighted by molar-refractivity contribution is 6.30. The molecular formula is C12H15ClN2O2. The van der Waals surface area contributed by atoms with Crippen molar-refractivity contribution in [3.8, 4) is 0 Å². The third-order valence-electron chi connectivity index (χ3n) is 2.84. The maximum absolute atomic E-state index is 11.9. The highest BCUT2D eigenvalue weighted by Gasteiger charge is 2.24. The maximum atomic E-state index is 11.9. The van der Waals surface area contributed by atoms with Crippen LogP contribution in [0.5, 0.6) is 0 Å². The number of amides is 1. The Morgan fingerprint density at radius 1 is 1.71 bits per heavy atom. The Labute approximate surface area is 105 Å². The number of nitrogens with one attached hydrogen (secondary N) is 1. The molecule has 2 atom stereocenters. The van der Waals surface area contributed by atoms with Crippen LogP contribution in [-0.4, -0.2) is 29.6 Å². The maximum Gasteiger partial charge on any atom is 0.270 e. The largest absolute Gasteiger partial charge is 0.376 e. The van der Waals surface area contributed by atoms with Crippen molar-refractivity contribution in [2.45, 2.75) is 31.9 Å². The predicted molar refractivity (Wildman–Crippen MR) is 65.1 cm³/mol. The summed E-state index contributed by atoms with van der Waals surface area (Å²) in [7, 11) is 0. The van der Waals surface area contributed by atoms with E-state index in [4.69, 9.17) is 16.3 Å². The normalized spacial score (nSPS) is 21.2. The Hall–Kier alpha value is -1.13. The van der Waals surface area contributed by atoms with Gasteiger partial charge in [-0.2, -0.15) is 0 Å². The Kier molecular flexibility index (Phi) is 3.97. The lowest BCUT2D eigenvalue weighted by Crippen LogP contribution is -2.41. The zero-order valence-electron chi connectivity index (χ0n) is 9.65. The van der Waals surface area contributed by atoms with E-state index < -0.39 is 0 Å². The quantitative estimate of drug-likeness (QED) is 0.898. The highest BCUT2D eigenvalue weighted by atomic mass is 35.5. The lowest BCUT2D eigenvalue weighted by molar-refractivity contribution is 0.0709. The van der Waals surface area contributed by atoms with E-state index in [9.17, 15) is 4.79 Å². The number of hydrogen-bond acceptors (Lipinski definition) is 3. The number of nitrogens with zero attached hydrogens (tertiary/aromatic N) is 1. The van der Waals surface area contributed by atoms with Crippen LogP contribution < -0.4 is 5.32 Å². The van der Waals surface area contributed by atoms with Crippen molar-refractivity contribution in [3.05, 3.63) is 29.0 Å². The molecule has 1 amide bonds. The van der Waals surface area contributed by atoms with Gasteiger partial charge in [0, 0.05) is 17.8 Å². The second-order valence-corrected chi connectivity index (χ2v) is 4.61. The number of aromatic nitrogens is 1. The Morgan fingerprint density at radius 3 is 3.18 bits per heavy atom. The summed E-state index contributed by atoms with van der Waals surface area (Å²) in [6.07, 6.45) is 3.68. The molecule has 1 aliphatic heterocycles. The van der Waals surface area contributed by atoms with Crippen molar-refractivity contribution in [2.75, 3.05) is 6.61 Å². The first-order valence-corrected chi connectivity index (χ1v) is 6.08. The number of carbonyl (C=O) groups excluding carboxylic acids is 1. The van der Waals surface area contributed by atoms with Gasteiger partial charge in [-0.05, 0) is 31.9 Å². The van der Waals surface area contributed by atoms with Gasteiger partial charge in [0.25, 0.3) is 5.91 Å². The van der Waals surface area contributed by atoms with Crippen LogP contribution in [0.4, 0.5) is 0 Å². The minimum absolute atomic E-state index is 0.00854. The van der Waals surface area contributed by atoms with Crippen LogP contribution in [0.15, 0.2) is 18.3 Å². The van der Waals surface area contributed by atoms with Crippen molar-refractivity contribution in [1.29, 1.82) is 0 Å². The minimum atomic E-state index is -0.212. The zero-order chi connectivity index (χ0) is 12.3. The van der Waals surface area contributed by atoms with E-state index >= 15 is 0 Å². The molecule has 1 fully saturated rings. The van der Waals surface area contributed by atoms with Crippen LogP contribution in [0.3, 0.4) is 0 Å². The van der Waals surface area contributed by atoms with E-state index in [1.165, 1.54) is 6.20 Å². The standard InChI is InChI=1S/C12H15ClN2O2/c1-8(11-3-2-6-17-11)15-12(16)10-7-9(13)4-5-14-10/h4-5,7-8,11H,2-3,6H2,1H3,(H,15,16). The summed E-state index contributed by atoms with van der Waals surface area (Å²) >= 11 is 5.81. The van der Waals surface area contributed by atoms with Crippen molar-refractivity contribution in [3.63, 3.8) is 0 Å². The topological polar surface area (TPSA) is 51.2 Å². The van der Waals surface area contributed by atoms with Gasteiger partial charge in [0.1, 0.15) is 5.69 Å². The van der Waals surface area contributed by atoms with Gasteiger partial charge in [0.05, 0.1) is 12.1 Å². The Morgan fingerprint density at radius 2 is 2.53 bits per heavy atom. The van der Waals surface area contributed by atoms with Crippen LogP contribution in [0.25, 0.3) is 0 Å². The number of rotatable bonds is 3. The van der Waals surface area contributed by atoms with Gasteiger partial charge in [0.2, 0.25) is 0 Å². The summed E-state index contributed by atoms with van der Waals surface area (Å²) in [5.74, 6) is -0.212. The van der Waals surface area contributed by atoms with Crippen molar-refractivity contribution >= 4 is 17.5 Å². The van der Waals surface area contributed by atoms with Crippen LogP contribution in [0.2, 0.25) is 5.02 Å². The number of hydrogen-bond donors (Lipinski definition) is 1. The van der Waals surface area contributed by atoms with Crippen molar-refractivity contribution < 1.29 is 9.53 Å². The van der Waals surface area contributed by atoms with Crippen molar-refractivity contribution in [2.24, 2.45) is 0 Å². The number of carbonyl (C=O) groups is 1. The molecule has 92 valence electrons. The molecular weight excluding hydrogens is 240 g/mol. The molecule has 0 saturated carbocycles. The van der Waals surface area contributed by atoms with Gasteiger partial charge in [-0.15, -0.1) is 0 Å². The molecule has 4 nitrogen and oxygen atoms in total. The first-order chi connectivity index (χ1) is 8.16. The van der Waals surface area contributed by atoms with Crippen LogP contribution in [0, 0.1) is 0 Å². The average molecular weight is 255 g/mol. The smallest absolute Gasteiger partial charge is 0.270 e. The second kappa shape index (κ2) is 5.47. The van der Waals surface area contributed by atoms with Gasteiger partial charge in [0.15, 0.2) is 0 Å². The van der Waals surface area contributed by atoms with Gasteiger partial charge < -0.3 is 10.1 Å². The van der Waals surface area contributed by atoms with Crippen LogP contribution in [0.1, 0.15) is 30.3 Å². The Bertz CT molecular complexity index is 405. The van der Waals surface area contributed by atoms with Gasteiger partial charge >= 0.3 is 0 Å². The van der Waals surface area contributed by atoms with Gasteiger partial charge in [-0.1, -0.05) is 11.6 Å². The fraction of sp³-hybridized carbons (Fsp3) is 0.500. The third-order valence-corrected chi connectivity index (χ3v) is 3.07. The van der Waals surface area contributed by atoms with E-state index in [1.807, 2.05) is 6.92 Å². The molecule has 2 heterocycles. The molecule has 5 heteroatoms. The van der Waals surface area contributed by atoms with Crippen molar-refractivity contribution in [1.82, 2.24) is 10.3 Å². The summed E-state index contributed by atoms with van der Waals surface area (Å²) in [5, 5.41) is 3.39. The lowest BCUT2D eigenvalue weighted by atomic mass is 10.1. The fourth-order valence-electron chi connectivity index (χ4n) is 1.90. The molecule has 17 heavy (non-hydrogen) atoms. The van der Waals surface area contributed by atoms with E-state index in [1.54, 1.807) is 12.1 Å². The number of ether oxygens (including phenoxy) is 1. The molecule has 0 aromatic carbocycles. The first-order valence-electron chi connectivity index (χ1n) is 5.71. The van der Waals surface area contributed by atoms with E-state index in [-0.39, 0.29) is 18.1 Å². The summed E-state index contributed by atoms with van der Waals surface area (Å²) in [5.41, 5.74) is 0.336. The molecule has 0 spiro atoms. The zero-order valence-corrected chi connectivity index (χ0v) is 10.4. The van der Waals surface area contributed by atoms with Crippen LogP contribution in [-0.2, 0) is 4.74 Å². The lowest BCUT2D eigenvalue weighted by Gasteiger charge is -2.19. The second-order valence-electron chi connectivity index (χ2n) is 4.17. The summed E-state index contributed by atoms with van der Waals surface area (Å²) < 4.78 is 5.51. The van der Waals surface area contributed by atoms with Gasteiger partial charge in [-0.3, -0.25) is 9.78 Å². The number of halogens is 1. The molecule has 0 aliphatic carbocycles. The number of pyridine rings is 1. The fourth-order valence-corrected chi connectivity index (χ4v) is 2.06. The minimum Gasteiger partial charge on any atom is -0.376 e. The SMILES string of the molecule is CC(NC(=O)c1cc(Cl)ccn1)C1CCCO1. The molecule has 1 aromatic heterocycles.